The second kappa shape index (κ2) is 8.51. The number of para-hydroxylation sites is 1. The quantitative estimate of drug-likeness (QED) is 0.610. The zero-order valence-corrected chi connectivity index (χ0v) is 18.0. The Morgan fingerprint density at radius 1 is 1.06 bits per heavy atom. The van der Waals surface area contributed by atoms with E-state index in [-0.39, 0.29) is 23.7 Å². The second-order valence-electron chi connectivity index (χ2n) is 7.30. The molecule has 164 valence electrons. The van der Waals surface area contributed by atoms with E-state index in [9.17, 15) is 9.00 Å². The van der Waals surface area contributed by atoms with Gasteiger partial charge in [-0.05, 0) is 23.8 Å². The molecule has 2 aromatic carbocycles. The summed E-state index contributed by atoms with van der Waals surface area (Å²) in [6.07, 6.45) is -0.0804. The van der Waals surface area contributed by atoms with Crippen LogP contribution in [0.5, 0.6) is 29.0 Å². The number of fused-ring (bicyclic) bond motifs is 1. The number of aromatic nitrogens is 1. The Hall–Kier alpha value is -3.59. The lowest BCUT2D eigenvalue weighted by molar-refractivity contribution is -0.118. The predicted octanol–water partition coefficient (Wildman–Crippen LogP) is 3.62. The van der Waals surface area contributed by atoms with E-state index in [1.54, 1.807) is 25.3 Å². The highest BCUT2D eigenvalue weighted by molar-refractivity contribution is 7.84. The molecule has 9 heteroatoms. The molecule has 0 spiro atoms. The first-order chi connectivity index (χ1) is 15.6. The summed E-state index contributed by atoms with van der Waals surface area (Å²) in [7, 11) is 0.158. The van der Waals surface area contributed by atoms with Gasteiger partial charge in [-0.3, -0.25) is 9.52 Å². The highest BCUT2D eigenvalue weighted by atomic mass is 32.2. The molecule has 2 aliphatic heterocycles. The lowest BCUT2D eigenvalue weighted by atomic mass is 10.1. The smallest absolute Gasteiger partial charge is 0.233 e. The molecule has 2 unspecified atom stereocenters. The van der Waals surface area contributed by atoms with E-state index in [0.29, 0.717) is 35.6 Å². The van der Waals surface area contributed by atoms with Gasteiger partial charge >= 0.3 is 0 Å². The number of hydrogen-bond acceptors (Lipinski definition) is 7. The first kappa shape index (κ1) is 20.3. The highest BCUT2D eigenvalue weighted by Crippen LogP contribution is 2.43. The van der Waals surface area contributed by atoms with E-state index >= 15 is 0 Å². The normalized spacial score (nSPS) is 21.4. The summed E-state index contributed by atoms with van der Waals surface area (Å²) in [4.78, 5) is 15.7. The first-order valence-electron chi connectivity index (χ1n) is 10.0. The lowest BCUT2D eigenvalue weighted by Gasteiger charge is -2.14. The van der Waals surface area contributed by atoms with Gasteiger partial charge in [-0.15, -0.1) is 0 Å². The molecule has 3 heterocycles. The number of pyridine rings is 1. The fraction of sp³-hybridized carbons (Fsp3) is 0.217. The number of ether oxygens (including phenoxy) is 4. The number of rotatable bonds is 6. The van der Waals surface area contributed by atoms with Crippen molar-refractivity contribution in [3.05, 3.63) is 71.8 Å². The van der Waals surface area contributed by atoms with Crippen LogP contribution in [0.15, 0.2) is 60.7 Å². The third-order valence-electron chi connectivity index (χ3n) is 5.23. The van der Waals surface area contributed by atoms with Crippen LogP contribution < -0.4 is 23.7 Å². The SMILES string of the molecule is COc1cccc(Oc2cccc3c2OC[C@H]3Oc2ccc(C3CC(=O)NS3=O)cc2)n1. The van der Waals surface area contributed by atoms with Gasteiger partial charge in [-0.25, -0.2) is 4.21 Å². The van der Waals surface area contributed by atoms with Crippen molar-refractivity contribution in [3.8, 4) is 29.0 Å². The van der Waals surface area contributed by atoms with Crippen molar-refractivity contribution in [2.24, 2.45) is 0 Å². The molecule has 32 heavy (non-hydrogen) atoms. The summed E-state index contributed by atoms with van der Waals surface area (Å²) in [5.41, 5.74) is 1.71. The fourth-order valence-electron chi connectivity index (χ4n) is 3.68. The minimum absolute atomic E-state index is 0.199. The first-order valence-corrected chi connectivity index (χ1v) is 11.2. The number of hydrogen-bond donors (Lipinski definition) is 1. The van der Waals surface area contributed by atoms with Crippen LogP contribution in [-0.4, -0.2) is 28.8 Å². The van der Waals surface area contributed by atoms with Gasteiger partial charge in [0.25, 0.3) is 0 Å². The zero-order valence-electron chi connectivity index (χ0n) is 17.1. The van der Waals surface area contributed by atoms with Crippen LogP contribution in [0.2, 0.25) is 0 Å². The zero-order chi connectivity index (χ0) is 22.1. The van der Waals surface area contributed by atoms with Gasteiger partial charge in [0.15, 0.2) is 17.6 Å². The Morgan fingerprint density at radius 3 is 2.59 bits per heavy atom. The van der Waals surface area contributed by atoms with Gasteiger partial charge in [-0.1, -0.05) is 30.3 Å². The summed E-state index contributed by atoms with van der Waals surface area (Å²) >= 11 is 0. The van der Waals surface area contributed by atoms with E-state index in [2.05, 4.69) is 9.71 Å². The van der Waals surface area contributed by atoms with Crippen molar-refractivity contribution in [2.45, 2.75) is 17.8 Å². The Balaban J connectivity index is 1.31. The average Bonchev–Trinajstić information content (AvgIpc) is 3.37. The molecule has 1 saturated heterocycles. The van der Waals surface area contributed by atoms with Crippen molar-refractivity contribution in [1.82, 2.24) is 9.71 Å². The number of carbonyl (C=O) groups excluding carboxylic acids is 1. The van der Waals surface area contributed by atoms with Crippen molar-refractivity contribution in [2.75, 3.05) is 13.7 Å². The molecule has 3 atom stereocenters. The minimum Gasteiger partial charge on any atom is -0.485 e. The van der Waals surface area contributed by atoms with Gasteiger partial charge in [-0.2, -0.15) is 4.98 Å². The van der Waals surface area contributed by atoms with Crippen LogP contribution >= 0.6 is 0 Å². The Morgan fingerprint density at radius 2 is 1.84 bits per heavy atom. The summed E-state index contributed by atoms with van der Waals surface area (Å²) < 4.78 is 37.5. The third kappa shape index (κ3) is 3.99. The van der Waals surface area contributed by atoms with Crippen LogP contribution in [-0.2, 0) is 15.8 Å². The maximum Gasteiger partial charge on any atom is 0.233 e. The second-order valence-corrected chi connectivity index (χ2v) is 8.66. The van der Waals surface area contributed by atoms with Gasteiger partial charge in [0.05, 0.1) is 12.4 Å². The molecule has 3 aromatic rings. The number of carbonyl (C=O) groups is 1. The number of amides is 1. The van der Waals surface area contributed by atoms with E-state index in [0.717, 1.165) is 11.1 Å². The molecule has 1 N–H and O–H groups in total. The van der Waals surface area contributed by atoms with E-state index in [1.807, 2.05) is 42.5 Å². The van der Waals surface area contributed by atoms with Crippen LogP contribution in [0.25, 0.3) is 0 Å². The Kier molecular flexibility index (Phi) is 5.40. The van der Waals surface area contributed by atoms with Gasteiger partial charge in [0.1, 0.15) is 23.3 Å². The average molecular weight is 452 g/mol. The summed E-state index contributed by atoms with van der Waals surface area (Å²) in [5, 5.41) is -0.336. The summed E-state index contributed by atoms with van der Waals surface area (Å²) in [5.74, 6) is 2.48. The van der Waals surface area contributed by atoms with Gasteiger partial charge < -0.3 is 18.9 Å². The van der Waals surface area contributed by atoms with Crippen molar-refractivity contribution in [1.29, 1.82) is 0 Å². The van der Waals surface area contributed by atoms with Crippen molar-refractivity contribution in [3.63, 3.8) is 0 Å². The van der Waals surface area contributed by atoms with Crippen molar-refractivity contribution < 1.29 is 28.0 Å². The van der Waals surface area contributed by atoms with Crippen LogP contribution in [0, 0.1) is 0 Å². The maximum atomic E-state index is 12.0. The summed E-state index contributed by atoms with van der Waals surface area (Å²) in [6.45, 7) is 0.341. The Bertz CT molecular complexity index is 1180. The summed E-state index contributed by atoms with van der Waals surface area (Å²) in [6, 6.07) is 18.2. The number of nitrogens with zero attached hydrogens (tertiary/aromatic N) is 1. The molecule has 0 aliphatic carbocycles. The molecule has 8 nitrogen and oxygen atoms in total. The number of nitrogens with one attached hydrogen (secondary N) is 1. The molecule has 1 fully saturated rings. The standard InChI is InChI=1S/C23H20N2O6S/c1-28-21-6-3-7-22(24-21)31-17-5-2-4-16-18(13-29-23(16)17)30-15-10-8-14(9-11-15)19-12-20(26)25-32(19)27/h2-11,18-19H,12-13H2,1H3,(H,25,26)/t18-,19?,32?/m1/s1. The largest absolute Gasteiger partial charge is 0.485 e. The predicted molar refractivity (Wildman–Crippen MR) is 116 cm³/mol. The van der Waals surface area contributed by atoms with Crippen LogP contribution in [0.1, 0.15) is 28.9 Å². The lowest BCUT2D eigenvalue weighted by Crippen LogP contribution is -2.15. The van der Waals surface area contributed by atoms with Crippen molar-refractivity contribution >= 4 is 16.9 Å². The Labute approximate surface area is 187 Å². The topological polar surface area (TPSA) is 96.0 Å². The monoisotopic (exact) mass is 452 g/mol. The molecule has 0 bridgehead atoms. The molecular weight excluding hydrogens is 432 g/mol. The van der Waals surface area contributed by atoms with E-state index in [1.165, 1.54) is 0 Å². The molecule has 5 rings (SSSR count). The molecule has 0 saturated carbocycles. The minimum atomic E-state index is -1.39. The molecule has 2 aliphatic rings. The van der Waals surface area contributed by atoms with Crippen LogP contribution in [0.3, 0.4) is 0 Å². The van der Waals surface area contributed by atoms with Gasteiger partial charge in [0, 0.05) is 24.1 Å². The third-order valence-corrected chi connectivity index (χ3v) is 6.62. The highest BCUT2D eigenvalue weighted by Gasteiger charge is 2.31. The van der Waals surface area contributed by atoms with E-state index in [4.69, 9.17) is 18.9 Å². The number of methoxy groups -OCH3 is 1. The maximum absolute atomic E-state index is 12.0. The molecule has 1 aromatic heterocycles. The molecule has 0 radical (unpaired) electrons. The van der Waals surface area contributed by atoms with Crippen LogP contribution in [0.4, 0.5) is 0 Å². The molecule has 1 amide bonds. The molecular formula is C23H20N2O6S. The fourth-order valence-corrected chi connectivity index (χ4v) is 4.84. The number of benzene rings is 2. The van der Waals surface area contributed by atoms with E-state index < -0.39 is 11.0 Å². The van der Waals surface area contributed by atoms with Gasteiger partial charge in [0.2, 0.25) is 17.7 Å².